The predicted octanol–water partition coefficient (Wildman–Crippen LogP) is 2.99. The van der Waals surface area contributed by atoms with E-state index in [1.54, 1.807) is 6.07 Å². The first-order valence-electron chi connectivity index (χ1n) is 5.78. The summed E-state index contributed by atoms with van der Waals surface area (Å²) in [5.74, 6) is 0. The molecule has 100 valence electrons. The van der Waals surface area contributed by atoms with Crippen LogP contribution in [0.5, 0.6) is 0 Å². The molecule has 0 bridgehead atoms. The fraction of sp³-hybridized carbons (Fsp3) is 0.462. The maximum absolute atomic E-state index is 11.4. The highest BCUT2D eigenvalue weighted by atomic mass is 35.5. The largest absolute Gasteiger partial charge is 0.444 e. The van der Waals surface area contributed by atoms with Gasteiger partial charge < -0.3 is 15.8 Å². The highest BCUT2D eigenvalue weighted by molar-refractivity contribution is 6.30. The molecule has 0 spiro atoms. The van der Waals surface area contributed by atoms with Crippen LogP contribution in [0, 0.1) is 0 Å². The van der Waals surface area contributed by atoms with Crippen LogP contribution in [0.1, 0.15) is 26.3 Å². The number of halogens is 1. The van der Waals surface area contributed by atoms with Crippen LogP contribution in [0.15, 0.2) is 18.2 Å². The lowest BCUT2D eigenvalue weighted by molar-refractivity contribution is 0.0528. The Kier molecular flexibility index (Phi) is 4.84. The zero-order chi connectivity index (χ0) is 13.8. The van der Waals surface area contributed by atoms with Crippen molar-refractivity contribution >= 4 is 23.4 Å². The summed E-state index contributed by atoms with van der Waals surface area (Å²) in [5.41, 5.74) is 6.80. The van der Waals surface area contributed by atoms with Gasteiger partial charge in [-0.05, 0) is 51.0 Å². The van der Waals surface area contributed by atoms with E-state index in [1.165, 1.54) is 0 Å². The average Bonchev–Trinajstić information content (AvgIpc) is 2.12. The van der Waals surface area contributed by atoms with Gasteiger partial charge >= 0.3 is 6.09 Å². The zero-order valence-electron chi connectivity index (χ0n) is 10.9. The van der Waals surface area contributed by atoms with Crippen LogP contribution in [0.2, 0.25) is 5.02 Å². The van der Waals surface area contributed by atoms with Crippen molar-refractivity contribution in [2.24, 2.45) is 0 Å². The summed E-state index contributed by atoms with van der Waals surface area (Å²) >= 11 is 5.89. The number of nitrogens with two attached hydrogens (primary N) is 1. The van der Waals surface area contributed by atoms with Crippen molar-refractivity contribution in [3.05, 3.63) is 28.8 Å². The number of alkyl carbamates (subject to hydrolysis) is 1. The Morgan fingerprint density at radius 2 is 2.06 bits per heavy atom. The first-order valence-corrected chi connectivity index (χ1v) is 6.16. The van der Waals surface area contributed by atoms with Crippen LogP contribution in [0.25, 0.3) is 0 Å². The van der Waals surface area contributed by atoms with Crippen LogP contribution in [0.4, 0.5) is 10.5 Å². The molecule has 0 heterocycles. The average molecular weight is 271 g/mol. The van der Waals surface area contributed by atoms with Gasteiger partial charge in [-0.1, -0.05) is 11.6 Å². The third-order valence-electron chi connectivity index (χ3n) is 2.06. The summed E-state index contributed by atoms with van der Waals surface area (Å²) in [4.78, 5) is 11.4. The number of ether oxygens (including phenoxy) is 1. The van der Waals surface area contributed by atoms with Gasteiger partial charge in [0.1, 0.15) is 5.60 Å². The van der Waals surface area contributed by atoms with Gasteiger partial charge in [0.25, 0.3) is 0 Å². The van der Waals surface area contributed by atoms with Crippen molar-refractivity contribution in [2.45, 2.75) is 32.8 Å². The molecular weight excluding hydrogens is 252 g/mol. The Balaban J connectivity index is 2.40. The molecule has 3 N–H and O–H groups in total. The maximum atomic E-state index is 11.4. The lowest BCUT2D eigenvalue weighted by Gasteiger charge is -2.19. The smallest absolute Gasteiger partial charge is 0.407 e. The Morgan fingerprint density at radius 1 is 1.39 bits per heavy atom. The van der Waals surface area contributed by atoms with E-state index in [4.69, 9.17) is 22.1 Å². The molecule has 1 aromatic rings. The molecule has 0 unspecified atom stereocenters. The Hall–Kier alpha value is -1.42. The molecule has 0 aromatic heterocycles. The number of carbonyl (C=O) groups excluding carboxylic acids is 1. The molecule has 1 rings (SSSR count). The fourth-order valence-electron chi connectivity index (χ4n) is 1.44. The number of benzene rings is 1. The van der Waals surface area contributed by atoms with Crippen molar-refractivity contribution in [1.82, 2.24) is 5.32 Å². The molecule has 0 aliphatic carbocycles. The zero-order valence-corrected chi connectivity index (χ0v) is 11.7. The summed E-state index contributed by atoms with van der Waals surface area (Å²) in [5, 5.41) is 3.28. The topological polar surface area (TPSA) is 64.3 Å². The van der Waals surface area contributed by atoms with Crippen molar-refractivity contribution in [3.8, 4) is 0 Å². The molecule has 1 amide bonds. The fourth-order valence-corrected chi connectivity index (χ4v) is 1.71. The van der Waals surface area contributed by atoms with Crippen molar-refractivity contribution in [2.75, 3.05) is 12.3 Å². The van der Waals surface area contributed by atoms with Crippen molar-refractivity contribution in [3.63, 3.8) is 0 Å². The first kappa shape index (κ1) is 14.6. The second-order valence-electron chi connectivity index (χ2n) is 5.07. The first-order chi connectivity index (χ1) is 8.26. The van der Waals surface area contributed by atoms with E-state index in [0.717, 1.165) is 5.56 Å². The minimum atomic E-state index is -0.482. The number of anilines is 1. The molecule has 18 heavy (non-hydrogen) atoms. The Morgan fingerprint density at radius 3 is 2.61 bits per heavy atom. The van der Waals surface area contributed by atoms with E-state index in [0.29, 0.717) is 23.7 Å². The van der Waals surface area contributed by atoms with Gasteiger partial charge in [0.05, 0.1) is 0 Å². The second-order valence-corrected chi connectivity index (χ2v) is 5.51. The van der Waals surface area contributed by atoms with Gasteiger partial charge in [0.15, 0.2) is 0 Å². The molecule has 0 fully saturated rings. The molecule has 0 saturated carbocycles. The standard InChI is InChI=1S/C13H19ClN2O2/c1-13(2,3)18-12(17)16-5-4-9-6-10(14)8-11(15)7-9/h6-8H,4-5,15H2,1-3H3,(H,16,17). The number of carbonyl (C=O) groups is 1. The van der Waals surface area contributed by atoms with Crippen LogP contribution < -0.4 is 11.1 Å². The minimum absolute atomic E-state index is 0.419. The normalized spacial score (nSPS) is 11.1. The summed E-state index contributed by atoms with van der Waals surface area (Å²) in [6.07, 6.45) is 0.238. The summed E-state index contributed by atoms with van der Waals surface area (Å²) in [7, 11) is 0. The van der Waals surface area contributed by atoms with Gasteiger partial charge in [0.2, 0.25) is 0 Å². The van der Waals surface area contributed by atoms with Crippen molar-refractivity contribution < 1.29 is 9.53 Å². The lowest BCUT2D eigenvalue weighted by atomic mass is 10.1. The summed E-state index contributed by atoms with van der Waals surface area (Å²) in [6, 6.07) is 5.35. The molecule has 0 saturated heterocycles. The second kappa shape index (κ2) is 5.96. The highest BCUT2D eigenvalue weighted by Gasteiger charge is 2.15. The van der Waals surface area contributed by atoms with E-state index >= 15 is 0 Å². The predicted molar refractivity (Wildman–Crippen MR) is 73.8 cm³/mol. The van der Waals surface area contributed by atoms with Gasteiger partial charge in [-0.15, -0.1) is 0 Å². The molecule has 0 aliphatic rings. The van der Waals surface area contributed by atoms with E-state index in [1.807, 2.05) is 32.9 Å². The van der Waals surface area contributed by atoms with E-state index in [9.17, 15) is 4.79 Å². The van der Waals surface area contributed by atoms with E-state index < -0.39 is 11.7 Å². The third kappa shape index (κ3) is 5.77. The molecule has 4 nitrogen and oxygen atoms in total. The van der Waals surface area contributed by atoms with Gasteiger partial charge in [-0.2, -0.15) is 0 Å². The molecular formula is C13H19ClN2O2. The SMILES string of the molecule is CC(C)(C)OC(=O)NCCc1cc(N)cc(Cl)c1. The number of rotatable bonds is 3. The Labute approximate surface area is 112 Å². The van der Waals surface area contributed by atoms with Gasteiger partial charge in [-0.3, -0.25) is 0 Å². The Bertz CT molecular complexity index is 407. The number of hydrogen-bond donors (Lipinski definition) is 2. The summed E-state index contributed by atoms with van der Waals surface area (Å²) in [6.45, 7) is 5.95. The van der Waals surface area contributed by atoms with Gasteiger partial charge in [-0.25, -0.2) is 4.79 Å². The van der Waals surface area contributed by atoms with Crippen LogP contribution in [0.3, 0.4) is 0 Å². The quantitative estimate of drug-likeness (QED) is 0.830. The number of hydrogen-bond acceptors (Lipinski definition) is 3. The van der Waals surface area contributed by atoms with E-state index in [-0.39, 0.29) is 0 Å². The summed E-state index contributed by atoms with van der Waals surface area (Å²) < 4.78 is 5.12. The number of nitrogens with one attached hydrogen (secondary N) is 1. The lowest BCUT2D eigenvalue weighted by Crippen LogP contribution is -2.33. The third-order valence-corrected chi connectivity index (χ3v) is 2.28. The molecule has 0 radical (unpaired) electrons. The molecule has 5 heteroatoms. The van der Waals surface area contributed by atoms with Crippen LogP contribution in [-0.4, -0.2) is 18.2 Å². The van der Waals surface area contributed by atoms with E-state index in [2.05, 4.69) is 5.32 Å². The van der Waals surface area contributed by atoms with Crippen molar-refractivity contribution in [1.29, 1.82) is 0 Å². The number of nitrogen functional groups attached to an aromatic ring is 1. The highest BCUT2D eigenvalue weighted by Crippen LogP contribution is 2.16. The molecule has 0 atom stereocenters. The molecule has 0 aliphatic heterocycles. The maximum Gasteiger partial charge on any atom is 0.407 e. The van der Waals surface area contributed by atoms with Crippen LogP contribution >= 0.6 is 11.6 Å². The monoisotopic (exact) mass is 270 g/mol. The van der Waals surface area contributed by atoms with Gasteiger partial charge in [0, 0.05) is 17.3 Å². The van der Waals surface area contributed by atoms with Crippen LogP contribution in [-0.2, 0) is 11.2 Å². The minimum Gasteiger partial charge on any atom is -0.444 e. The molecule has 1 aromatic carbocycles. The number of amides is 1.